The van der Waals surface area contributed by atoms with Crippen LogP contribution in [0.25, 0.3) is 0 Å². The summed E-state index contributed by atoms with van der Waals surface area (Å²) >= 11 is 0. The number of amides is 2. The van der Waals surface area contributed by atoms with Gasteiger partial charge in [-0.2, -0.15) is 5.10 Å². The summed E-state index contributed by atoms with van der Waals surface area (Å²) in [5, 5.41) is 13.4. The molecule has 0 atom stereocenters. The second-order valence-corrected chi connectivity index (χ2v) is 5.82. The van der Waals surface area contributed by atoms with Crippen LogP contribution >= 0.6 is 0 Å². The molecule has 0 aromatic carbocycles. The number of hydrogen-bond acceptors (Lipinski definition) is 3. The Morgan fingerprint density at radius 1 is 1.22 bits per heavy atom. The highest BCUT2D eigenvalue weighted by Crippen LogP contribution is 2.48. The van der Waals surface area contributed by atoms with Gasteiger partial charge >= 0.3 is 6.03 Å². The van der Waals surface area contributed by atoms with Crippen LogP contribution in [-0.4, -0.2) is 23.5 Å². The molecule has 18 heavy (non-hydrogen) atoms. The van der Waals surface area contributed by atoms with E-state index in [9.17, 15) is 9.90 Å². The maximum Gasteiger partial charge on any atom is 0.332 e. The van der Waals surface area contributed by atoms with Gasteiger partial charge in [0.1, 0.15) is 0 Å². The number of hydrazone groups is 1. The summed E-state index contributed by atoms with van der Waals surface area (Å²) in [7, 11) is 0. The fourth-order valence-electron chi connectivity index (χ4n) is 3.32. The largest absolute Gasteiger partial charge is 0.393 e. The van der Waals surface area contributed by atoms with Gasteiger partial charge in [0.15, 0.2) is 0 Å². The van der Waals surface area contributed by atoms with Crippen LogP contribution < -0.4 is 11.2 Å². The monoisotopic (exact) mass is 253 g/mol. The third-order valence-electron chi connectivity index (χ3n) is 4.57. The van der Waals surface area contributed by atoms with Crippen molar-refractivity contribution in [3.05, 3.63) is 0 Å². The van der Waals surface area contributed by atoms with Crippen LogP contribution in [0.15, 0.2) is 5.10 Å². The van der Waals surface area contributed by atoms with Crippen LogP contribution in [0.2, 0.25) is 0 Å². The number of carbonyl (C=O) groups excluding carboxylic acids is 1. The van der Waals surface area contributed by atoms with Gasteiger partial charge in [-0.05, 0) is 62.7 Å². The molecule has 5 heteroatoms. The van der Waals surface area contributed by atoms with Gasteiger partial charge in [-0.3, -0.25) is 0 Å². The van der Waals surface area contributed by atoms with Gasteiger partial charge in [0.05, 0.1) is 6.10 Å². The zero-order valence-electron chi connectivity index (χ0n) is 10.8. The summed E-state index contributed by atoms with van der Waals surface area (Å²) in [5.74, 6) is 0.453. The smallest absolute Gasteiger partial charge is 0.332 e. The van der Waals surface area contributed by atoms with E-state index in [1.165, 1.54) is 12.8 Å². The van der Waals surface area contributed by atoms with Crippen molar-refractivity contribution < 1.29 is 9.90 Å². The number of aliphatic hydroxyl groups is 1. The number of nitrogens with zero attached hydrogens (tertiary/aromatic N) is 1. The Labute approximate surface area is 108 Å². The molecule has 5 nitrogen and oxygen atoms in total. The lowest BCUT2D eigenvalue weighted by Crippen LogP contribution is -2.34. The quantitative estimate of drug-likeness (QED) is 0.517. The Bertz CT molecular complexity index is 312. The first-order chi connectivity index (χ1) is 8.60. The van der Waals surface area contributed by atoms with Crippen molar-refractivity contribution in [1.29, 1.82) is 0 Å². The SMILES string of the molecule is NC(=O)N/N=C/C1CCC2(CCC(O)CC2)CC1. The first-order valence-corrected chi connectivity index (χ1v) is 6.86. The van der Waals surface area contributed by atoms with Crippen LogP contribution in [0.1, 0.15) is 51.4 Å². The molecule has 2 fully saturated rings. The molecule has 0 radical (unpaired) electrons. The summed E-state index contributed by atoms with van der Waals surface area (Å²) < 4.78 is 0. The summed E-state index contributed by atoms with van der Waals surface area (Å²) in [5.41, 5.74) is 7.66. The molecule has 0 aromatic heterocycles. The first-order valence-electron chi connectivity index (χ1n) is 6.86. The molecular weight excluding hydrogens is 230 g/mol. The van der Waals surface area contributed by atoms with Crippen molar-refractivity contribution in [2.75, 3.05) is 0 Å². The lowest BCUT2D eigenvalue weighted by molar-refractivity contribution is 0.0353. The predicted molar refractivity (Wildman–Crippen MR) is 70.1 cm³/mol. The van der Waals surface area contributed by atoms with Gasteiger partial charge in [-0.1, -0.05) is 0 Å². The average molecular weight is 253 g/mol. The number of aliphatic hydroxyl groups excluding tert-OH is 1. The molecule has 0 bridgehead atoms. The number of primary amides is 1. The van der Waals surface area contributed by atoms with E-state index >= 15 is 0 Å². The van der Waals surface area contributed by atoms with Gasteiger partial charge in [-0.25, -0.2) is 10.2 Å². The van der Waals surface area contributed by atoms with Gasteiger partial charge in [-0.15, -0.1) is 0 Å². The molecule has 0 heterocycles. The standard InChI is InChI=1S/C13H23N3O2/c14-12(18)16-15-9-10-1-5-13(6-2-10)7-3-11(17)4-8-13/h9-11,17H,1-8H2,(H3,14,16,18)/b15-9+. The second kappa shape index (κ2) is 5.69. The minimum absolute atomic E-state index is 0.0744. The Morgan fingerprint density at radius 2 is 1.78 bits per heavy atom. The number of rotatable bonds is 2. The molecular formula is C13H23N3O2. The highest BCUT2D eigenvalue weighted by atomic mass is 16.3. The Hall–Kier alpha value is -1.10. The van der Waals surface area contributed by atoms with E-state index in [-0.39, 0.29) is 6.10 Å². The van der Waals surface area contributed by atoms with Crippen molar-refractivity contribution in [2.24, 2.45) is 22.2 Å². The lowest BCUT2D eigenvalue weighted by Gasteiger charge is -2.43. The fraction of sp³-hybridized carbons (Fsp3) is 0.846. The molecule has 2 amide bonds. The van der Waals surface area contributed by atoms with E-state index in [1.54, 1.807) is 0 Å². The van der Waals surface area contributed by atoms with Gasteiger partial charge in [0, 0.05) is 6.21 Å². The first kappa shape index (κ1) is 13.3. The Morgan fingerprint density at radius 3 is 2.33 bits per heavy atom. The van der Waals surface area contributed by atoms with Gasteiger partial charge in [0.2, 0.25) is 0 Å². The molecule has 0 unspecified atom stereocenters. The molecule has 2 aliphatic rings. The van der Waals surface area contributed by atoms with Crippen molar-refractivity contribution in [3.63, 3.8) is 0 Å². The number of urea groups is 1. The molecule has 0 aromatic rings. The molecule has 102 valence electrons. The normalized spacial score (nSPS) is 36.9. The van der Waals surface area contributed by atoms with Crippen LogP contribution in [0.4, 0.5) is 4.79 Å². The van der Waals surface area contributed by atoms with Crippen LogP contribution in [-0.2, 0) is 0 Å². The summed E-state index contributed by atoms with van der Waals surface area (Å²) in [4.78, 5) is 10.5. The van der Waals surface area contributed by atoms with E-state index in [0.29, 0.717) is 11.3 Å². The van der Waals surface area contributed by atoms with Crippen molar-refractivity contribution in [1.82, 2.24) is 5.43 Å². The van der Waals surface area contributed by atoms with E-state index in [0.717, 1.165) is 38.5 Å². The van der Waals surface area contributed by atoms with E-state index in [4.69, 9.17) is 5.73 Å². The Kier molecular flexibility index (Phi) is 4.22. The number of carbonyl (C=O) groups is 1. The number of hydrogen-bond donors (Lipinski definition) is 3. The van der Waals surface area contributed by atoms with E-state index in [2.05, 4.69) is 10.5 Å². The third kappa shape index (κ3) is 3.45. The van der Waals surface area contributed by atoms with Gasteiger partial charge < -0.3 is 10.8 Å². The molecule has 0 saturated heterocycles. The molecule has 2 saturated carbocycles. The fourth-order valence-corrected chi connectivity index (χ4v) is 3.32. The van der Waals surface area contributed by atoms with Crippen molar-refractivity contribution in [3.8, 4) is 0 Å². The Balaban J connectivity index is 1.77. The van der Waals surface area contributed by atoms with Crippen LogP contribution in [0.5, 0.6) is 0 Å². The predicted octanol–water partition coefficient (Wildman–Crippen LogP) is 1.75. The average Bonchev–Trinajstić information content (AvgIpc) is 2.35. The van der Waals surface area contributed by atoms with E-state index < -0.39 is 6.03 Å². The van der Waals surface area contributed by atoms with Crippen LogP contribution in [0.3, 0.4) is 0 Å². The molecule has 4 N–H and O–H groups in total. The minimum atomic E-state index is -0.611. The topological polar surface area (TPSA) is 87.7 Å². The van der Waals surface area contributed by atoms with Crippen molar-refractivity contribution in [2.45, 2.75) is 57.5 Å². The number of nitrogens with two attached hydrogens (primary N) is 1. The zero-order chi connectivity index (χ0) is 13.0. The van der Waals surface area contributed by atoms with Crippen molar-refractivity contribution >= 4 is 12.2 Å². The maximum atomic E-state index is 10.5. The second-order valence-electron chi connectivity index (χ2n) is 5.82. The summed E-state index contributed by atoms with van der Waals surface area (Å²) in [6, 6.07) is -0.611. The molecule has 1 spiro atoms. The van der Waals surface area contributed by atoms with Gasteiger partial charge in [0.25, 0.3) is 0 Å². The van der Waals surface area contributed by atoms with E-state index in [1.807, 2.05) is 6.21 Å². The maximum absolute atomic E-state index is 10.5. The third-order valence-corrected chi connectivity index (χ3v) is 4.57. The summed E-state index contributed by atoms with van der Waals surface area (Å²) in [6.07, 6.45) is 10.7. The minimum Gasteiger partial charge on any atom is -0.393 e. The zero-order valence-corrected chi connectivity index (χ0v) is 10.8. The summed E-state index contributed by atoms with van der Waals surface area (Å²) in [6.45, 7) is 0. The number of nitrogens with one attached hydrogen (secondary N) is 1. The molecule has 0 aliphatic heterocycles. The highest BCUT2D eigenvalue weighted by molar-refractivity contribution is 5.73. The highest BCUT2D eigenvalue weighted by Gasteiger charge is 2.37. The van der Waals surface area contributed by atoms with Crippen LogP contribution in [0, 0.1) is 11.3 Å². The molecule has 2 aliphatic carbocycles. The molecule has 2 rings (SSSR count). The lowest BCUT2D eigenvalue weighted by atomic mass is 9.63.